The highest BCUT2D eigenvalue weighted by atomic mass is 35.5. The van der Waals surface area contributed by atoms with Crippen LogP contribution < -0.4 is 20.2 Å². The minimum absolute atomic E-state index is 0.0323. The fraction of sp³-hybridized carbons (Fsp3) is 0.185. The molecule has 192 valence electrons. The third-order valence-electron chi connectivity index (χ3n) is 5.55. The van der Waals surface area contributed by atoms with E-state index in [-0.39, 0.29) is 22.5 Å². The van der Waals surface area contributed by atoms with Gasteiger partial charge in [0.1, 0.15) is 17.1 Å². The first kappa shape index (κ1) is 26.1. The Morgan fingerprint density at radius 2 is 1.81 bits per heavy atom. The summed E-state index contributed by atoms with van der Waals surface area (Å²) in [5.74, 6) is -2.90. The second kappa shape index (κ2) is 10.2. The van der Waals surface area contributed by atoms with E-state index in [2.05, 4.69) is 5.32 Å². The quantitative estimate of drug-likeness (QED) is 0.285. The van der Waals surface area contributed by atoms with E-state index in [9.17, 15) is 22.8 Å². The van der Waals surface area contributed by atoms with E-state index in [0.29, 0.717) is 21.8 Å². The Kier molecular flexibility index (Phi) is 7.18. The zero-order valence-electron chi connectivity index (χ0n) is 20.0. The third-order valence-corrected chi connectivity index (χ3v) is 5.96. The van der Waals surface area contributed by atoms with Crippen LogP contribution in [0.2, 0.25) is 5.02 Å². The molecule has 0 fully saturated rings. The first-order chi connectivity index (χ1) is 17.4. The molecular formula is C27H21ClF3NO5. The number of anilines is 1. The molecule has 0 saturated heterocycles. The summed E-state index contributed by atoms with van der Waals surface area (Å²) >= 11 is 6.05. The van der Waals surface area contributed by atoms with E-state index in [1.807, 2.05) is 0 Å². The number of carbonyl (C=O) groups is 1. The van der Waals surface area contributed by atoms with E-state index < -0.39 is 35.6 Å². The van der Waals surface area contributed by atoms with Crippen molar-refractivity contribution in [1.29, 1.82) is 0 Å². The number of benzene rings is 3. The van der Waals surface area contributed by atoms with Crippen molar-refractivity contribution in [2.45, 2.75) is 26.9 Å². The lowest BCUT2D eigenvalue weighted by molar-refractivity contribution is -0.154. The molecule has 0 saturated carbocycles. The van der Waals surface area contributed by atoms with Crippen LogP contribution in [0.4, 0.5) is 18.9 Å². The molecule has 4 aromatic rings. The van der Waals surface area contributed by atoms with Crippen molar-refractivity contribution in [3.63, 3.8) is 0 Å². The first-order valence-corrected chi connectivity index (χ1v) is 11.4. The molecule has 0 bridgehead atoms. The molecule has 6 nitrogen and oxygen atoms in total. The van der Waals surface area contributed by atoms with Gasteiger partial charge in [-0.1, -0.05) is 29.8 Å². The fourth-order valence-corrected chi connectivity index (χ4v) is 3.71. The predicted octanol–water partition coefficient (Wildman–Crippen LogP) is 7.20. The molecule has 1 N–H and O–H groups in total. The smallest absolute Gasteiger partial charge is 0.453 e. The molecule has 0 atom stereocenters. The highest BCUT2D eigenvalue weighted by Crippen LogP contribution is 2.39. The Morgan fingerprint density at radius 3 is 2.54 bits per heavy atom. The second-order valence-electron chi connectivity index (χ2n) is 8.37. The van der Waals surface area contributed by atoms with E-state index in [1.54, 1.807) is 51.1 Å². The largest absolute Gasteiger partial charge is 0.484 e. The van der Waals surface area contributed by atoms with Crippen LogP contribution in [0, 0.1) is 20.8 Å². The van der Waals surface area contributed by atoms with Gasteiger partial charge < -0.3 is 19.2 Å². The summed E-state index contributed by atoms with van der Waals surface area (Å²) < 4.78 is 57.5. The first-order valence-electron chi connectivity index (χ1n) is 11.0. The number of hydrogen-bond acceptors (Lipinski definition) is 5. The molecule has 0 aliphatic carbocycles. The highest BCUT2D eigenvalue weighted by Gasteiger charge is 2.40. The van der Waals surface area contributed by atoms with E-state index >= 15 is 0 Å². The monoisotopic (exact) mass is 531 g/mol. The van der Waals surface area contributed by atoms with Crippen molar-refractivity contribution in [1.82, 2.24) is 0 Å². The van der Waals surface area contributed by atoms with Gasteiger partial charge in [-0.15, -0.1) is 0 Å². The molecule has 0 unspecified atom stereocenters. The van der Waals surface area contributed by atoms with Gasteiger partial charge in [-0.25, -0.2) is 0 Å². The normalized spacial score (nSPS) is 11.4. The van der Waals surface area contributed by atoms with Gasteiger partial charge in [-0.2, -0.15) is 13.2 Å². The molecule has 0 aliphatic heterocycles. The number of alkyl halides is 3. The molecule has 10 heteroatoms. The van der Waals surface area contributed by atoms with Crippen LogP contribution >= 0.6 is 11.6 Å². The Bertz CT molecular complexity index is 1560. The third kappa shape index (κ3) is 5.72. The van der Waals surface area contributed by atoms with Gasteiger partial charge in [0.2, 0.25) is 11.2 Å². The Morgan fingerprint density at radius 1 is 1.05 bits per heavy atom. The van der Waals surface area contributed by atoms with Crippen molar-refractivity contribution in [3.8, 4) is 17.2 Å². The fourth-order valence-electron chi connectivity index (χ4n) is 3.53. The summed E-state index contributed by atoms with van der Waals surface area (Å²) in [5.41, 5.74) is 1.11. The summed E-state index contributed by atoms with van der Waals surface area (Å²) in [6.45, 7) is 4.69. The minimum Gasteiger partial charge on any atom is -0.484 e. The topological polar surface area (TPSA) is 77.8 Å². The number of amides is 1. The summed E-state index contributed by atoms with van der Waals surface area (Å²) in [7, 11) is 0. The number of ether oxygens (including phenoxy) is 2. The van der Waals surface area contributed by atoms with Crippen LogP contribution in [-0.4, -0.2) is 12.5 Å². The van der Waals surface area contributed by atoms with Crippen molar-refractivity contribution in [3.05, 3.63) is 92.3 Å². The minimum atomic E-state index is -5.01. The molecule has 37 heavy (non-hydrogen) atoms. The van der Waals surface area contributed by atoms with Gasteiger partial charge in [-0.05, 0) is 67.8 Å². The maximum atomic E-state index is 13.9. The number of carbonyl (C=O) groups excluding carboxylic acids is 1. The summed E-state index contributed by atoms with van der Waals surface area (Å²) in [4.78, 5) is 25.3. The summed E-state index contributed by atoms with van der Waals surface area (Å²) in [6, 6.07) is 13.7. The van der Waals surface area contributed by atoms with Gasteiger partial charge in [0.15, 0.2) is 6.61 Å². The van der Waals surface area contributed by atoms with Crippen LogP contribution in [0.25, 0.3) is 11.0 Å². The number of nitrogens with one attached hydrogen (secondary N) is 1. The molecule has 0 radical (unpaired) electrons. The standard InChI is InChI=1S/C27H21ClF3NO5/c1-14-7-8-15(2)21(11-14)36-25-24(34)18-10-9-17(12-22(18)37-26(25)27(29,30)31)35-13-23(33)32-20-6-4-5-19(28)16(20)3/h4-12H,13H2,1-3H3,(H,32,33). The number of hydrogen-bond donors (Lipinski definition) is 1. The lowest BCUT2D eigenvalue weighted by Crippen LogP contribution is -2.20. The molecule has 4 rings (SSSR count). The average molecular weight is 532 g/mol. The van der Waals surface area contributed by atoms with Gasteiger partial charge in [0.05, 0.1) is 5.39 Å². The van der Waals surface area contributed by atoms with Crippen LogP contribution in [0.15, 0.2) is 63.8 Å². The average Bonchev–Trinajstić information content (AvgIpc) is 2.83. The predicted molar refractivity (Wildman–Crippen MR) is 134 cm³/mol. The zero-order valence-corrected chi connectivity index (χ0v) is 20.7. The summed E-state index contributed by atoms with van der Waals surface area (Å²) in [6.07, 6.45) is -5.01. The zero-order chi connectivity index (χ0) is 26.9. The van der Waals surface area contributed by atoms with Crippen molar-refractivity contribution in [2.24, 2.45) is 0 Å². The van der Waals surface area contributed by atoms with Crippen molar-refractivity contribution in [2.75, 3.05) is 11.9 Å². The van der Waals surface area contributed by atoms with Crippen LogP contribution in [0.1, 0.15) is 22.5 Å². The van der Waals surface area contributed by atoms with E-state index in [4.69, 9.17) is 25.5 Å². The number of halogens is 4. The molecule has 1 aromatic heterocycles. The molecule has 1 heterocycles. The lowest BCUT2D eigenvalue weighted by atomic mass is 10.1. The highest BCUT2D eigenvalue weighted by molar-refractivity contribution is 6.31. The van der Waals surface area contributed by atoms with Crippen molar-refractivity contribution < 1.29 is 31.9 Å². The van der Waals surface area contributed by atoms with Gasteiger partial charge in [0.25, 0.3) is 11.7 Å². The molecule has 3 aromatic carbocycles. The van der Waals surface area contributed by atoms with E-state index in [1.165, 1.54) is 18.2 Å². The Hall–Kier alpha value is -3.98. The van der Waals surface area contributed by atoms with Crippen LogP contribution in [0.3, 0.4) is 0 Å². The van der Waals surface area contributed by atoms with Crippen LogP contribution in [0.5, 0.6) is 17.2 Å². The van der Waals surface area contributed by atoms with Crippen LogP contribution in [-0.2, 0) is 11.0 Å². The van der Waals surface area contributed by atoms with Gasteiger partial charge in [0, 0.05) is 16.8 Å². The second-order valence-corrected chi connectivity index (χ2v) is 8.77. The van der Waals surface area contributed by atoms with Crippen molar-refractivity contribution >= 4 is 34.2 Å². The number of aryl methyl sites for hydroxylation is 2. The number of fused-ring (bicyclic) bond motifs is 1. The molecule has 0 aliphatic rings. The maximum absolute atomic E-state index is 13.9. The number of rotatable bonds is 6. The molecular weight excluding hydrogens is 511 g/mol. The Labute approximate surface area is 214 Å². The molecule has 0 spiro atoms. The molecule has 1 amide bonds. The lowest BCUT2D eigenvalue weighted by Gasteiger charge is -2.15. The SMILES string of the molecule is Cc1ccc(C)c(Oc2c(C(F)(F)F)oc3cc(OCC(=O)Nc4cccc(Cl)c4C)ccc3c2=O)c1. The van der Waals surface area contributed by atoms with Gasteiger partial charge in [-0.3, -0.25) is 9.59 Å². The Balaban J connectivity index is 1.63. The van der Waals surface area contributed by atoms with E-state index in [0.717, 1.165) is 11.6 Å². The maximum Gasteiger partial charge on any atom is 0.453 e. The van der Waals surface area contributed by atoms with Gasteiger partial charge >= 0.3 is 6.18 Å². The summed E-state index contributed by atoms with van der Waals surface area (Å²) in [5, 5.41) is 2.99.